The summed E-state index contributed by atoms with van der Waals surface area (Å²) in [6, 6.07) is 3.75. The van der Waals surface area contributed by atoms with Crippen LogP contribution in [0.15, 0.2) is 18.2 Å². The molecule has 1 fully saturated rings. The second-order valence-electron chi connectivity index (χ2n) is 5.95. The average molecular weight is 314 g/mol. The molecular weight excluding hydrogens is 297 g/mol. The fourth-order valence-electron chi connectivity index (χ4n) is 2.87. The Morgan fingerprint density at radius 2 is 1.90 bits per heavy atom. The third-order valence-corrected chi connectivity index (χ3v) is 5.03. The number of hydrogen-bond donors (Lipinski definition) is 1. The van der Waals surface area contributed by atoms with Gasteiger partial charge in [0, 0.05) is 5.54 Å². The van der Waals surface area contributed by atoms with E-state index < -0.39 is 11.7 Å². The molecule has 0 radical (unpaired) electrons. The van der Waals surface area contributed by atoms with Crippen LogP contribution in [0.25, 0.3) is 10.2 Å². The Labute approximate surface area is 125 Å². The van der Waals surface area contributed by atoms with Crippen LogP contribution in [0, 0.1) is 0 Å². The molecular formula is C15H17F3N2S. The number of aromatic nitrogens is 1. The molecule has 0 amide bonds. The molecule has 21 heavy (non-hydrogen) atoms. The summed E-state index contributed by atoms with van der Waals surface area (Å²) in [5.74, 6) is 0. The van der Waals surface area contributed by atoms with Crippen molar-refractivity contribution >= 4 is 26.7 Å². The predicted octanol–water partition coefficient (Wildman–Crippen LogP) is 5.45. The Kier molecular flexibility index (Phi) is 3.59. The second-order valence-corrected chi connectivity index (χ2v) is 6.98. The van der Waals surface area contributed by atoms with Crippen molar-refractivity contribution in [2.24, 2.45) is 0 Å². The maximum absolute atomic E-state index is 12.7. The molecule has 1 aromatic heterocycles. The Morgan fingerprint density at radius 1 is 1.19 bits per heavy atom. The number of anilines is 1. The molecule has 2 aromatic rings. The van der Waals surface area contributed by atoms with E-state index in [4.69, 9.17) is 0 Å². The minimum absolute atomic E-state index is 0.0129. The quantitative estimate of drug-likeness (QED) is 0.797. The number of thiazole rings is 1. The van der Waals surface area contributed by atoms with Crippen molar-refractivity contribution in [2.75, 3.05) is 5.32 Å². The van der Waals surface area contributed by atoms with Crippen molar-refractivity contribution in [1.82, 2.24) is 4.98 Å². The van der Waals surface area contributed by atoms with E-state index >= 15 is 0 Å². The first-order valence-corrected chi connectivity index (χ1v) is 7.93. The van der Waals surface area contributed by atoms with Crippen molar-refractivity contribution in [3.05, 3.63) is 23.8 Å². The Bertz CT molecular complexity index is 642. The summed E-state index contributed by atoms with van der Waals surface area (Å²) in [5.41, 5.74) is -0.216. The average Bonchev–Trinajstić information content (AvgIpc) is 2.78. The number of halogens is 3. The van der Waals surface area contributed by atoms with Crippen LogP contribution in [0.2, 0.25) is 0 Å². The Morgan fingerprint density at radius 3 is 2.57 bits per heavy atom. The molecule has 0 atom stereocenters. The van der Waals surface area contributed by atoms with Crippen molar-refractivity contribution in [1.29, 1.82) is 0 Å². The number of rotatable bonds is 2. The normalized spacial score (nSPS) is 18.9. The minimum Gasteiger partial charge on any atom is -0.356 e. The molecule has 1 heterocycles. The van der Waals surface area contributed by atoms with Crippen LogP contribution in [0.3, 0.4) is 0 Å². The van der Waals surface area contributed by atoms with Crippen molar-refractivity contribution in [3.8, 4) is 0 Å². The van der Waals surface area contributed by atoms with Gasteiger partial charge in [0.25, 0.3) is 0 Å². The first-order chi connectivity index (χ1) is 9.86. The summed E-state index contributed by atoms with van der Waals surface area (Å²) in [6.07, 6.45) is 1.47. The molecule has 1 N–H and O–H groups in total. The summed E-state index contributed by atoms with van der Waals surface area (Å²) in [7, 11) is 0. The van der Waals surface area contributed by atoms with Gasteiger partial charge in [0.1, 0.15) is 0 Å². The summed E-state index contributed by atoms with van der Waals surface area (Å²) in [6.45, 7) is 2.17. The van der Waals surface area contributed by atoms with Crippen LogP contribution < -0.4 is 5.32 Å². The van der Waals surface area contributed by atoms with Crippen LogP contribution >= 0.6 is 11.3 Å². The first-order valence-electron chi connectivity index (χ1n) is 7.12. The lowest BCUT2D eigenvalue weighted by Gasteiger charge is -2.34. The van der Waals surface area contributed by atoms with E-state index in [2.05, 4.69) is 17.2 Å². The maximum Gasteiger partial charge on any atom is 0.416 e. The zero-order valence-electron chi connectivity index (χ0n) is 11.8. The van der Waals surface area contributed by atoms with Gasteiger partial charge in [-0.3, -0.25) is 0 Å². The minimum atomic E-state index is -4.32. The second kappa shape index (κ2) is 5.16. The molecule has 114 valence electrons. The van der Waals surface area contributed by atoms with E-state index in [0.717, 1.165) is 29.7 Å². The van der Waals surface area contributed by atoms with E-state index in [1.54, 1.807) is 0 Å². The highest BCUT2D eigenvalue weighted by Gasteiger charge is 2.31. The zero-order valence-corrected chi connectivity index (χ0v) is 12.6. The fourth-order valence-corrected chi connectivity index (χ4v) is 3.87. The summed E-state index contributed by atoms with van der Waals surface area (Å²) < 4.78 is 38.9. The third kappa shape index (κ3) is 3.15. The van der Waals surface area contributed by atoms with Gasteiger partial charge < -0.3 is 5.32 Å². The highest BCUT2D eigenvalue weighted by molar-refractivity contribution is 7.22. The molecule has 1 aliphatic carbocycles. The molecule has 1 aliphatic rings. The Balaban J connectivity index is 1.87. The monoisotopic (exact) mass is 314 g/mol. The van der Waals surface area contributed by atoms with E-state index in [9.17, 15) is 13.2 Å². The van der Waals surface area contributed by atoms with Gasteiger partial charge in [-0.25, -0.2) is 4.98 Å². The van der Waals surface area contributed by atoms with Crippen LogP contribution in [0.4, 0.5) is 18.3 Å². The van der Waals surface area contributed by atoms with Crippen molar-refractivity contribution in [3.63, 3.8) is 0 Å². The van der Waals surface area contributed by atoms with Crippen molar-refractivity contribution in [2.45, 2.75) is 50.7 Å². The number of nitrogens with one attached hydrogen (secondary N) is 1. The lowest BCUT2D eigenvalue weighted by atomic mass is 9.83. The van der Waals surface area contributed by atoms with Crippen LogP contribution in [-0.2, 0) is 6.18 Å². The van der Waals surface area contributed by atoms with Crippen LogP contribution in [0.1, 0.15) is 44.6 Å². The molecule has 0 spiro atoms. The molecule has 0 bridgehead atoms. The molecule has 6 heteroatoms. The SMILES string of the molecule is CC1(Nc2nc3cc(C(F)(F)F)ccc3s2)CCCCC1. The van der Waals surface area contributed by atoms with Gasteiger partial charge in [-0.2, -0.15) is 13.2 Å². The topological polar surface area (TPSA) is 24.9 Å². The van der Waals surface area contributed by atoms with E-state index in [0.29, 0.717) is 10.6 Å². The molecule has 0 unspecified atom stereocenters. The summed E-state index contributed by atoms with van der Waals surface area (Å²) in [5, 5.41) is 4.15. The lowest BCUT2D eigenvalue weighted by Crippen LogP contribution is -2.36. The van der Waals surface area contributed by atoms with Crippen LogP contribution in [0.5, 0.6) is 0 Å². The number of alkyl halides is 3. The molecule has 3 rings (SSSR count). The van der Waals surface area contributed by atoms with E-state index in [-0.39, 0.29) is 5.54 Å². The highest BCUT2D eigenvalue weighted by Crippen LogP contribution is 2.36. The molecule has 1 saturated carbocycles. The predicted molar refractivity (Wildman–Crippen MR) is 79.7 cm³/mol. The van der Waals surface area contributed by atoms with Gasteiger partial charge in [0.15, 0.2) is 5.13 Å². The molecule has 2 nitrogen and oxygen atoms in total. The molecule has 1 aromatic carbocycles. The number of hydrogen-bond acceptors (Lipinski definition) is 3. The van der Waals surface area contributed by atoms with Gasteiger partial charge in [-0.1, -0.05) is 30.6 Å². The van der Waals surface area contributed by atoms with Gasteiger partial charge in [0.05, 0.1) is 15.8 Å². The van der Waals surface area contributed by atoms with Crippen molar-refractivity contribution < 1.29 is 13.2 Å². The zero-order chi connectivity index (χ0) is 15.1. The number of nitrogens with zero attached hydrogens (tertiary/aromatic N) is 1. The lowest BCUT2D eigenvalue weighted by molar-refractivity contribution is -0.137. The Hall–Kier alpha value is -1.30. The molecule has 0 saturated heterocycles. The third-order valence-electron chi connectivity index (χ3n) is 4.08. The van der Waals surface area contributed by atoms with Gasteiger partial charge in [-0.05, 0) is 38.0 Å². The number of benzene rings is 1. The van der Waals surface area contributed by atoms with E-state index in [1.807, 2.05) is 0 Å². The van der Waals surface area contributed by atoms with Gasteiger partial charge in [0.2, 0.25) is 0 Å². The maximum atomic E-state index is 12.7. The first kappa shape index (κ1) is 14.6. The summed E-state index contributed by atoms with van der Waals surface area (Å²) in [4.78, 5) is 4.33. The highest BCUT2D eigenvalue weighted by atomic mass is 32.1. The standard InChI is InChI=1S/C15H17F3N2S/c1-14(7-3-2-4-8-14)20-13-19-11-9-10(15(16,17)18)5-6-12(11)21-13/h5-6,9H,2-4,7-8H2,1H3,(H,19,20). The number of fused-ring (bicyclic) bond motifs is 1. The van der Waals surface area contributed by atoms with Gasteiger partial charge >= 0.3 is 6.18 Å². The fraction of sp³-hybridized carbons (Fsp3) is 0.533. The van der Waals surface area contributed by atoms with E-state index in [1.165, 1.54) is 36.7 Å². The van der Waals surface area contributed by atoms with Gasteiger partial charge in [-0.15, -0.1) is 0 Å². The van der Waals surface area contributed by atoms with Crippen LogP contribution in [-0.4, -0.2) is 10.5 Å². The summed E-state index contributed by atoms with van der Waals surface area (Å²) >= 11 is 1.42. The largest absolute Gasteiger partial charge is 0.416 e. The smallest absolute Gasteiger partial charge is 0.356 e. The molecule has 0 aliphatic heterocycles.